The first kappa shape index (κ1) is 30.4. The molecule has 0 bridgehead atoms. The molecule has 0 radical (unpaired) electrons. The lowest BCUT2D eigenvalue weighted by atomic mass is 10.0. The van der Waals surface area contributed by atoms with Gasteiger partial charge in [-0.3, -0.25) is 0 Å². The number of rotatable bonds is 6. The highest BCUT2D eigenvalue weighted by Gasteiger charge is 2.43. The van der Waals surface area contributed by atoms with Gasteiger partial charge in [-0.1, -0.05) is 133 Å². The van der Waals surface area contributed by atoms with Crippen LogP contribution in [0.3, 0.4) is 0 Å². The maximum absolute atomic E-state index is 9.63. The SMILES string of the molecule is [C-]#[N+]c1cc(-n2c3ccccc3c3cc(C#N)ccc32)ccc1-c1c([N+]#[C-])cccc1[Si](c1ccccc1)(c1ccccc1)c1ccccc1. The molecule has 4 nitrogen and oxygen atoms in total. The minimum Gasteiger partial charge on any atom is -0.311 e. The molecule has 7 aromatic carbocycles. The van der Waals surface area contributed by atoms with Crippen molar-refractivity contribution >= 4 is 62.0 Å². The molecule has 0 fully saturated rings. The van der Waals surface area contributed by atoms with E-state index in [-0.39, 0.29) is 0 Å². The maximum atomic E-state index is 9.63. The summed E-state index contributed by atoms with van der Waals surface area (Å²) in [5.74, 6) is 0. The van der Waals surface area contributed by atoms with Crippen LogP contribution in [0.5, 0.6) is 0 Å². The molecule has 0 saturated heterocycles. The number of benzene rings is 7. The van der Waals surface area contributed by atoms with Gasteiger partial charge in [-0.15, -0.1) is 0 Å². The zero-order valence-electron chi connectivity index (χ0n) is 27.0. The van der Waals surface area contributed by atoms with E-state index in [2.05, 4.69) is 117 Å². The van der Waals surface area contributed by atoms with Crippen molar-refractivity contribution in [3.05, 3.63) is 198 Å². The second-order valence-electron chi connectivity index (χ2n) is 12.2. The van der Waals surface area contributed by atoms with Gasteiger partial charge in [-0.25, -0.2) is 9.69 Å². The molecule has 0 spiro atoms. The Morgan fingerprint density at radius 2 is 1.10 bits per heavy atom. The van der Waals surface area contributed by atoms with Crippen LogP contribution in [0.4, 0.5) is 11.4 Å². The Morgan fingerprint density at radius 3 is 1.70 bits per heavy atom. The van der Waals surface area contributed by atoms with Crippen molar-refractivity contribution in [2.75, 3.05) is 0 Å². The highest BCUT2D eigenvalue weighted by molar-refractivity contribution is 7.20. The van der Waals surface area contributed by atoms with Gasteiger partial charge in [-0.05, 0) is 68.3 Å². The van der Waals surface area contributed by atoms with Gasteiger partial charge in [0.25, 0.3) is 0 Å². The van der Waals surface area contributed by atoms with E-state index < -0.39 is 8.07 Å². The fourth-order valence-corrected chi connectivity index (χ4v) is 12.5. The van der Waals surface area contributed by atoms with Crippen molar-refractivity contribution in [1.82, 2.24) is 4.57 Å². The predicted molar refractivity (Wildman–Crippen MR) is 207 cm³/mol. The summed E-state index contributed by atoms with van der Waals surface area (Å²) in [6.07, 6.45) is 0. The molecule has 232 valence electrons. The largest absolute Gasteiger partial charge is 0.311 e. The van der Waals surface area contributed by atoms with Gasteiger partial charge < -0.3 is 4.57 Å². The van der Waals surface area contributed by atoms with Gasteiger partial charge in [0.15, 0.2) is 19.4 Å². The normalized spacial score (nSPS) is 11.1. The fraction of sp³-hybridized carbons (Fsp3) is 0. The summed E-state index contributed by atoms with van der Waals surface area (Å²) >= 11 is 0. The van der Waals surface area contributed by atoms with E-state index in [1.54, 1.807) is 0 Å². The van der Waals surface area contributed by atoms with E-state index in [1.165, 1.54) is 15.6 Å². The highest BCUT2D eigenvalue weighted by Crippen LogP contribution is 2.40. The lowest BCUT2D eigenvalue weighted by Gasteiger charge is -2.36. The summed E-state index contributed by atoms with van der Waals surface area (Å²) in [5.41, 5.74) is 5.91. The third kappa shape index (κ3) is 4.72. The van der Waals surface area contributed by atoms with Crippen molar-refractivity contribution in [3.8, 4) is 22.9 Å². The van der Waals surface area contributed by atoms with Crippen LogP contribution in [0.2, 0.25) is 0 Å². The fourth-order valence-electron chi connectivity index (χ4n) is 7.54. The van der Waals surface area contributed by atoms with Crippen LogP contribution >= 0.6 is 0 Å². The minimum absolute atomic E-state index is 0.469. The van der Waals surface area contributed by atoms with Gasteiger partial charge in [0.1, 0.15) is 0 Å². The number of fused-ring (bicyclic) bond motifs is 3. The van der Waals surface area contributed by atoms with Crippen LogP contribution in [0, 0.1) is 24.5 Å². The summed E-state index contributed by atoms with van der Waals surface area (Å²) < 4.78 is 2.16. The molecule has 0 unspecified atom stereocenters. The molecule has 8 aromatic rings. The van der Waals surface area contributed by atoms with Crippen LogP contribution in [-0.2, 0) is 0 Å². The van der Waals surface area contributed by atoms with Crippen molar-refractivity contribution in [2.24, 2.45) is 0 Å². The predicted octanol–water partition coefficient (Wildman–Crippen LogP) is 8.80. The van der Waals surface area contributed by atoms with Crippen LogP contribution in [0.15, 0.2) is 170 Å². The average molecular weight is 653 g/mol. The van der Waals surface area contributed by atoms with Gasteiger partial charge in [0, 0.05) is 16.5 Å². The van der Waals surface area contributed by atoms with E-state index in [1.807, 2.05) is 72.8 Å². The van der Waals surface area contributed by atoms with Crippen LogP contribution in [-0.4, -0.2) is 12.6 Å². The monoisotopic (exact) mass is 652 g/mol. The van der Waals surface area contributed by atoms with Crippen molar-refractivity contribution in [1.29, 1.82) is 5.26 Å². The van der Waals surface area contributed by atoms with Gasteiger partial charge in [0.05, 0.1) is 35.8 Å². The lowest BCUT2D eigenvalue weighted by molar-refractivity contribution is 1.18. The van der Waals surface area contributed by atoms with Gasteiger partial charge in [0.2, 0.25) is 0 Å². The number of hydrogen-bond donors (Lipinski definition) is 0. The zero-order valence-corrected chi connectivity index (χ0v) is 28.0. The quantitative estimate of drug-likeness (QED) is 0.101. The molecule has 5 heteroatoms. The van der Waals surface area contributed by atoms with E-state index in [9.17, 15) is 5.26 Å². The van der Waals surface area contributed by atoms with Crippen LogP contribution in [0.1, 0.15) is 5.56 Å². The number of nitriles is 1. The topological polar surface area (TPSA) is 37.4 Å². The molecular weight excluding hydrogens is 625 g/mol. The van der Waals surface area contributed by atoms with Crippen molar-refractivity contribution < 1.29 is 0 Å². The molecule has 0 N–H and O–H groups in total. The molecule has 8 rings (SSSR count). The summed E-state index contributed by atoms with van der Waals surface area (Å²) in [5, 5.41) is 16.3. The summed E-state index contributed by atoms with van der Waals surface area (Å²) in [6.45, 7) is 16.9. The molecule has 0 atom stereocenters. The first-order valence-corrected chi connectivity index (χ1v) is 18.3. The molecule has 0 aliphatic carbocycles. The molecule has 50 heavy (non-hydrogen) atoms. The van der Waals surface area contributed by atoms with Gasteiger partial charge >= 0.3 is 0 Å². The molecule has 0 amide bonds. The van der Waals surface area contributed by atoms with Crippen LogP contribution in [0.25, 0.3) is 48.3 Å². The second kappa shape index (κ2) is 12.6. The van der Waals surface area contributed by atoms with E-state index in [4.69, 9.17) is 13.1 Å². The standard InChI is InChI=1S/C45H28N4Si/c1-47-40-22-14-24-44(50(34-15-6-3-7-16-34,35-17-8-4-9-18-35)36-19-10-5-11-20-36)45(40)38-27-26-33(30-41(38)48-2)49-42-23-13-12-21-37(42)39-29-32(31-46)25-28-43(39)49/h3-30H. The summed E-state index contributed by atoms with van der Waals surface area (Å²) in [6, 6.07) is 60.1. The summed E-state index contributed by atoms with van der Waals surface area (Å²) in [7, 11) is -3.04. The Hall–Kier alpha value is -6.97. The minimum atomic E-state index is -3.04. The number of para-hydroxylation sites is 1. The van der Waals surface area contributed by atoms with Crippen molar-refractivity contribution in [2.45, 2.75) is 0 Å². The van der Waals surface area contributed by atoms with Crippen LogP contribution < -0.4 is 20.7 Å². The van der Waals surface area contributed by atoms with Gasteiger partial charge in [-0.2, -0.15) is 5.26 Å². The lowest BCUT2D eigenvalue weighted by Crippen LogP contribution is -2.75. The summed E-state index contributed by atoms with van der Waals surface area (Å²) in [4.78, 5) is 8.21. The Bertz CT molecular complexity index is 2580. The number of aromatic nitrogens is 1. The molecule has 1 aromatic heterocycles. The first-order chi connectivity index (χ1) is 24.7. The molecule has 0 aliphatic heterocycles. The van der Waals surface area contributed by atoms with Crippen molar-refractivity contribution in [3.63, 3.8) is 0 Å². The van der Waals surface area contributed by atoms with E-state index in [0.29, 0.717) is 16.9 Å². The van der Waals surface area contributed by atoms with E-state index >= 15 is 0 Å². The number of hydrogen-bond acceptors (Lipinski definition) is 1. The molecule has 0 saturated carbocycles. The molecular formula is C45H28N4Si. The Kier molecular flexibility index (Phi) is 7.63. The average Bonchev–Trinajstić information content (AvgIpc) is 3.52. The maximum Gasteiger partial charge on any atom is 0.195 e. The molecule has 1 heterocycles. The Labute approximate surface area is 292 Å². The zero-order chi connectivity index (χ0) is 34.1. The Balaban J connectivity index is 1.44. The first-order valence-electron chi connectivity index (χ1n) is 16.3. The Morgan fingerprint density at radius 1 is 0.520 bits per heavy atom. The second-order valence-corrected chi connectivity index (χ2v) is 15.9. The molecule has 0 aliphatic rings. The highest BCUT2D eigenvalue weighted by atomic mass is 28.3. The smallest absolute Gasteiger partial charge is 0.195 e. The third-order valence-electron chi connectivity index (χ3n) is 9.62. The number of nitrogens with zero attached hydrogens (tertiary/aromatic N) is 4. The third-order valence-corrected chi connectivity index (χ3v) is 14.4. The van der Waals surface area contributed by atoms with E-state index in [0.717, 1.165) is 43.8 Å².